The Morgan fingerprint density at radius 2 is 1.95 bits per heavy atom. The first-order valence-corrected chi connectivity index (χ1v) is 5.94. The van der Waals surface area contributed by atoms with Gasteiger partial charge < -0.3 is 20.5 Å². The Morgan fingerprint density at radius 1 is 1.26 bits per heavy atom. The van der Waals surface area contributed by atoms with E-state index in [1.54, 1.807) is 6.07 Å². The third-order valence-electron chi connectivity index (χ3n) is 2.45. The quantitative estimate of drug-likeness (QED) is 0.660. The van der Waals surface area contributed by atoms with Crippen molar-refractivity contribution in [2.24, 2.45) is 0 Å². The first kappa shape index (κ1) is 14.8. The molecule has 0 radical (unpaired) electrons. The molecule has 1 aromatic carbocycles. The fraction of sp³-hybridized carbons (Fsp3) is 0.385. The van der Waals surface area contributed by atoms with Gasteiger partial charge in [-0.15, -0.1) is 0 Å². The molecule has 0 bridgehead atoms. The number of phenolic OH excluding ortho intramolecular Hbond substituents is 1. The number of nitrogens with one attached hydrogen (secondary N) is 2. The van der Waals surface area contributed by atoms with Crippen LogP contribution in [0.25, 0.3) is 0 Å². The second kappa shape index (κ2) is 7.25. The molecule has 1 rings (SSSR count). The predicted molar refractivity (Wildman–Crippen MR) is 70.3 cm³/mol. The molecule has 0 atom stereocenters. The fourth-order valence-corrected chi connectivity index (χ4v) is 1.49. The summed E-state index contributed by atoms with van der Waals surface area (Å²) in [6.07, 6.45) is 0.646. The average molecular weight is 266 g/mol. The molecule has 1 aromatic rings. The lowest BCUT2D eigenvalue weighted by molar-refractivity contribution is -0.118. The highest BCUT2D eigenvalue weighted by molar-refractivity contribution is 5.94. The van der Waals surface area contributed by atoms with Crippen LogP contribution in [0.1, 0.15) is 23.7 Å². The number of ether oxygens (including phenoxy) is 1. The van der Waals surface area contributed by atoms with Crippen LogP contribution in [0.15, 0.2) is 18.2 Å². The summed E-state index contributed by atoms with van der Waals surface area (Å²) >= 11 is 0. The topological polar surface area (TPSA) is 87.7 Å². The summed E-state index contributed by atoms with van der Waals surface area (Å²) in [7, 11) is 1.44. The van der Waals surface area contributed by atoms with Crippen LogP contribution in [-0.4, -0.2) is 37.1 Å². The van der Waals surface area contributed by atoms with Gasteiger partial charge in [-0.2, -0.15) is 0 Å². The molecule has 3 N–H and O–H groups in total. The van der Waals surface area contributed by atoms with E-state index in [1.165, 1.54) is 26.2 Å². The molecule has 0 unspecified atom stereocenters. The Balaban J connectivity index is 2.41. The van der Waals surface area contributed by atoms with Gasteiger partial charge in [0.2, 0.25) is 5.91 Å². The Hall–Kier alpha value is -2.24. The first-order valence-electron chi connectivity index (χ1n) is 5.94. The van der Waals surface area contributed by atoms with Gasteiger partial charge in [0.05, 0.1) is 7.11 Å². The molecular weight excluding hydrogens is 248 g/mol. The normalized spacial score (nSPS) is 9.79. The van der Waals surface area contributed by atoms with Crippen molar-refractivity contribution in [3.05, 3.63) is 23.8 Å². The minimum Gasteiger partial charge on any atom is -0.504 e. The molecule has 0 fully saturated rings. The summed E-state index contributed by atoms with van der Waals surface area (Å²) in [6, 6.07) is 4.45. The maximum atomic E-state index is 11.7. The van der Waals surface area contributed by atoms with Gasteiger partial charge in [-0.3, -0.25) is 9.59 Å². The van der Waals surface area contributed by atoms with Crippen molar-refractivity contribution in [2.45, 2.75) is 13.3 Å². The Bertz CT molecular complexity index is 460. The minimum atomic E-state index is -0.277. The molecule has 0 saturated carbocycles. The van der Waals surface area contributed by atoms with Crippen molar-refractivity contribution >= 4 is 11.8 Å². The molecule has 6 heteroatoms. The summed E-state index contributed by atoms with van der Waals surface area (Å²) < 4.78 is 4.89. The van der Waals surface area contributed by atoms with E-state index in [1.807, 2.05) is 0 Å². The zero-order valence-electron chi connectivity index (χ0n) is 11.0. The first-order chi connectivity index (χ1) is 9.04. The fourth-order valence-electron chi connectivity index (χ4n) is 1.49. The summed E-state index contributed by atoms with van der Waals surface area (Å²) in [6.45, 7) is 2.41. The number of phenols is 1. The number of methoxy groups -OCH3 is 1. The van der Waals surface area contributed by atoms with E-state index in [9.17, 15) is 14.7 Å². The molecule has 0 aliphatic rings. The molecule has 19 heavy (non-hydrogen) atoms. The van der Waals surface area contributed by atoms with Crippen LogP contribution in [0.2, 0.25) is 0 Å². The van der Waals surface area contributed by atoms with E-state index in [4.69, 9.17) is 4.74 Å². The number of carbonyl (C=O) groups excluding carboxylic acids is 2. The van der Waals surface area contributed by atoms with Gasteiger partial charge in [-0.1, -0.05) is 0 Å². The van der Waals surface area contributed by atoms with E-state index in [2.05, 4.69) is 10.6 Å². The van der Waals surface area contributed by atoms with E-state index in [0.717, 1.165) is 0 Å². The van der Waals surface area contributed by atoms with E-state index < -0.39 is 0 Å². The molecule has 2 amide bonds. The smallest absolute Gasteiger partial charge is 0.251 e. The molecule has 0 aliphatic heterocycles. The van der Waals surface area contributed by atoms with Crippen molar-refractivity contribution < 1.29 is 19.4 Å². The Labute approximate surface area is 111 Å². The van der Waals surface area contributed by atoms with E-state index in [-0.39, 0.29) is 17.6 Å². The highest BCUT2D eigenvalue weighted by atomic mass is 16.5. The van der Waals surface area contributed by atoms with Gasteiger partial charge in [0.25, 0.3) is 5.91 Å². The van der Waals surface area contributed by atoms with E-state index in [0.29, 0.717) is 30.8 Å². The second-order valence-electron chi connectivity index (χ2n) is 3.98. The highest BCUT2D eigenvalue weighted by Crippen LogP contribution is 2.25. The monoisotopic (exact) mass is 266 g/mol. The zero-order chi connectivity index (χ0) is 14.3. The SMILES string of the molecule is COc1ccc(C(=O)NCCCNC(C)=O)cc1O. The summed E-state index contributed by atoms with van der Waals surface area (Å²) in [5.74, 6) is -0.122. The molecule has 0 aliphatic carbocycles. The average Bonchev–Trinajstić information content (AvgIpc) is 2.37. The van der Waals surface area contributed by atoms with Crippen molar-refractivity contribution in [3.8, 4) is 11.5 Å². The molecule has 0 aromatic heterocycles. The number of amides is 2. The minimum absolute atomic E-state index is 0.0756. The standard InChI is InChI=1S/C13H18N2O4/c1-9(16)14-6-3-7-15-13(18)10-4-5-12(19-2)11(17)8-10/h4-5,8,17H,3,6-7H2,1-2H3,(H,14,16)(H,15,18). The largest absolute Gasteiger partial charge is 0.504 e. The number of carbonyl (C=O) groups is 2. The second-order valence-corrected chi connectivity index (χ2v) is 3.98. The highest BCUT2D eigenvalue weighted by Gasteiger charge is 2.08. The van der Waals surface area contributed by atoms with Crippen LogP contribution in [0.5, 0.6) is 11.5 Å². The van der Waals surface area contributed by atoms with E-state index >= 15 is 0 Å². The summed E-state index contributed by atoms with van der Waals surface area (Å²) in [4.78, 5) is 22.4. The number of hydrogen-bond donors (Lipinski definition) is 3. The van der Waals surface area contributed by atoms with Crippen LogP contribution in [0.3, 0.4) is 0 Å². The van der Waals surface area contributed by atoms with Gasteiger partial charge in [-0.25, -0.2) is 0 Å². The van der Waals surface area contributed by atoms with Crippen LogP contribution in [0, 0.1) is 0 Å². The number of aromatic hydroxyl groups is 1. The van der Waals surface area contributed by atoms with Gasteiger partial charge in [0, 0.05) is 25.6 Å². The van der Waals surface area contributed by atoms with Gasteiger partial charge in [-0.05, 0) is 24.6 Å². The van der Waals surface area contributed by atoms with Gasteiger partial charge >= 0.3 is 0 Å². The van der Waals surface area contributed by atoms with Crippen molar-refractivity contribution in [2.75, 3.05) is 20.2 Å². The van der Waals surface area contributed by atoms with Gasteiger partial charge in [0.15, 0.2) is 11.5 Å². The molecule has 0 heterocycles. The number of hydrogen-bond acceptors (Lipinski definition) is 4. The molecule has 6 nitrogen and oxygen atoms in total. The number of benzene rings is 1. The van der Waals surface area contributed by atoms with Crippen molar-refractivity contribution in [3.63, 3.8) is 0 Å². The van der Waals surface area contributed by atoms with Crippen molar-refractivity contribution in [1.29, 1.82) is 0 Å². The predicted octanol–water partition coefficient (Wildman–Crippen LogP) is 0.657. The maximum Gasteiger partial charge on any atom is 0.251 e. The maximum absolute atomic E-state index is 11.7. The third-order valence-corrected chi connectivity index (χ3v) is 2.45. The Morgan fingerprint density at radius 3 is 2.53 bits per heavy atom. The van der Waals surface area contributed by atoms with Crippen molar-refractivity contribution in [1.82, 2.24) is 10.6 Å². The molecule has 0 saturated heterocycles. The zero-order valence-corrected chi connectivity index (χ0v) is 11.0. The number of rotatable bonds is 6. The third kappa shape index (κ3) is 4.87. The lowest BCUT2D eigenvalue weighted by atomic mass is 10.2. The summed E-state index contributed by atoms with van der Waals surface area (Å²) in [5, 5.41) is 14.9. The van der Waals surface area contributed by atoms with Crippen LogP contribution >= 0.6 is 0 Å². The lowest BCUT2D eigenvalue weighted by Gasteiger charge is -2.07. The molecule has 104 valence electrons. The van der Waals surface area contributed by atoms with Gasteiger partial charge in [0.1, 0.15) is 0 Å². The van der Waals surface area contributed by atoms with Crippen LogP contribution in [-0.2, 0) is 4.79 Å². The lowest BCUT2D eigenvalue weighted by Crippen LogP contribution is -2.28. The molecular formula is C13H18N2O4. The molecule has 0 spiro atoms. The summed E-state index contributed by atoms with van der Waals surface area (Å²) in [5.41, 5.74) is 0.359. The van der Waals surface area contributed by atoms with Crippen LogP contribution in [0.4, 0.5) is 0 Å². The Kier molecular flexibility index (Phi) is 5.66. The van der Waals surface area contributed by atoms with Crippen LogP contribution < -0.4 is 15.4 Å².